The van der Waals surface area contributed by atoms with Crippen LogP contribution >= 0.6 is 11.6 Å². The molecular weight excluding hydrogens is 555 g/mol. The number of aliphatic carboxylic acids is 1. The molecule has 1 N–H and O–H groups in total. The zero-order valence-electron chi connectivity index (χ0n) is 20.5. The maximum atomic E-state index is 13.7. The van der Waals surface area contributed by atoms with Gasteiger partial charge in [-0.25, -0.2) is 8.42 Å². The topological polar surface area (TPSA) is 128 Å². The van der Waals surface area contributed by atoms with E-state index in [-0.39, 0.29) is 33.6 Å². The molecule has 0 amide bonds. The van der Waals surface area contributed by atoms with Crippen molar-refractivity contribution in [3.05, 3.63) is 35.1 Å². The van der Waals surface area contributed by atoms with Gasteiger partial charge in [-0.05, 0) is 44.9 Å². The average Bonchev–Trinajstić information content (AvgIpc) is 3.52. The van der Waals surface area contributed by atoms with Gasteiger partial charge in [-0.15, -0.1) is 0 Å². The first-order valence-corrected chi connectivity index (χ1v) is 13.4. The van der Waals surface area contributed by atoms with E-state index in [2.05, 4.69) is 9.84 Å². The van der Waals surface area contributed by atoms with Gasteiger partial charge in [-0.3, -0.25) is 18.6 Å². The Morgan fingerprint density at radius 2 is 1.97 bits per heavy atom. The van der Waals surface area contributed by atoms with Gasteiger partial charge >= 0.3 is 18.1 Å². The van der Waals surface area contributed by atoms with Gasteiger partial charge in [-0.1, -0.05) is 17.7 Å². The van der Waals surface area contributed by atoms with Gasteiger partial charge in [0.15, 0.2) is 5.15 Å². The number of carboxylic acids is 1. The second kappa shape index (κ2) is 9.63. The molecule has 38 heavy (non-hydrogen) atoms. The van der Waals surface area contributed by atoms with Crippen molar-refractivity contribution < 1.29 is 45.8 Å². The highest BCUT2D eigenvalue weighted by Crippen LogP contribution is 2.48. The molecule has 0 unspecified atom stereocenters. The van der Waals surface area contributed by atoms with E-state index in [4.69, 9.17) is 16.3 Å². The average molecular weight is 580 g/mol. The maximum absolute atomic E-state index is 13.7. The van der Waals surface area contributed by atoms with Crippen LogP contribution in [0.15, 0.2) is 29.3 Å². The molecule has 4 rings (SSSR count). The molecule has 1 aromatic heterocycles. The van der Waals surface area contributed by atoms with Gasteiger partial charge in [0.25, 0.3) is 10.0 Å². The Bertz CT molecular complexity index is 1380. The number of alkyl halides is 3. The molecule has 0 radical (unpaired) electrons. The fourth-order valence-corrected chi connectivity index (χ4v) is 6.10. The van der Waals surface area contributed by atoms with Crippen LogP contribution in [0.2, 0.25) is 5.15 Å². The van der Waals surface area contributed by atoms with Crippen molar-refractivity contribution >= 4 is 39.3 Å². The second-order valence-corrected chi connectivity index (χ2v) is 11.8. The molecule has 10 nitrogen and oxygen atoms in total. The Morgan fingerprint density at radius 1 is 1.29 bits per heavy atom. The molecule has 1 aliphatic carbocycles. The van der Waals surface area contributed by atoms with Gasteiger partial charge in [-0.2, -0.15) is 18.3 Å². The van der Waals surface area contributed by atoms with Crippen LogP contribution in [0, 0.1) is 11.8 Å². The predicted molar refractivity (Wildman–Crippen MR) is 127 cm³/mol. The molecule has 0 bridgehead atoms. The summed E-state index contributed by atoms with van der Waals surface area (Å²) in [6, 6.07) is 4.10. The van der Waals surface area contributed by atoms with Gasteiger partial charge in [0.05, 0.1) is 24.6 Å². The minimum atomic E-state index is -4.79. The summed E-state index contributed by atoms with van der Waals surface area (Å²) in [6.07, 6.45) is -4.55. The number of ether oxygens (including phenoxy) is 2. The third-order valence-electron chi connectivity index (χ3n) is 6.53. The fraction of sp³-hybridized carbons (Fsp3) is 0.522. The number of halogens is 4. The number of rotatable bonds is 8. The number of benzene rings is 1. The van der Waals surface area contributed by atoms with Crippen molar-refractivity contribution in [3.63, 3.8) is 0 Å². The van der Waals surface area contributed by atoms with Crippen molar-refractivity contribution in [2.45, 2.75) is 62.9 Å². The number of sulfonamides is 1. The number of fused-ring (bicyclic) bond motifs is 1. The number of anilines is 1. The lowest BCUT2D eigenvalue weighted by Gasteiger charge is -2.36. The summed E-state index contributed by atoms with van der Waals surface area (Å²) in [6.45, 7) is 3.29. The molecule has 15 heteroatoms. The summed E-state index contributed by atoms with van der Waals surface area (Å²) in [5.74, 6) is -3.17. The van der Waals surface area contributed by atoms with E-state index in [0.717, 1.165) is 18.2 Å². The number of nitrogens with zero attached hydrogens (tertiary/aromatic N) is 3. The van der Waals surface area contributed by atoms with E-state index < -0.39 is 58.1 Å². The highest BCUT2D eigenvalue weighted by Gasteiger charge is 2.53. The summed E-state index contributed by atoms with van der Waals surface area (Å²) in [5, 5.41) is 13.1. The Morgan fingerprint density at radius 3 is 2.53 bits per heavy atom. The summed E-state index contributed by atoms with van der Waals surface area (Å²) >= 11 is 6.13. The number of hydrogen-bond donors (Lipinski definition) is 1. The molecule has 3 atom stereocenters. The molecule has 208 valence electrons. The first-order chi connectivity index (χ1) is 17.5. The molecule has 2 aromatic rings. The van der Waals surface area contributed by atoms with E-state index in [0.29, 0.717) is 13.0 Å². The number of aryl methyl sites for hydroxylation is 1. The number of carbonyl (C=O) groups excluding carboxylic acids is 1. The number of hydrogen-bond acceptors (Lipinski definition) is 7. The molecule has 2 aliphatic rings. The Hall–Kier alpha value is -3.00. The lowest BCUT2D eigenvalue weighted by molar-refractivity contribution is -0.257. The van der Waals surface area contributed by atoms with Crippen LogP contribution in [-0.2, 0) is 37.3 Å². The minimum Gasteiger partial charge on any atom is -0.486 e. The van der Waals surface area contributed by atoms with Gasteiger partial charge < -0.3 is 14.6 Å². The quantitative estimate of drug-likeness (QED) is 0.469. The Balaban J connectivity index is 1.68. The summed E-state index contributed by atoms with van der Waals surface area (Å²) in [5.41, 5.74) is -2.51. The van der Waals surface area contributed by atoms with E-state index in [1.54, 1.807) is 6.92 Å². The molecule has 1 aliphatic heterocycles. The van der Waals surface area contributed by atoms with Crippen LogP contribution in [0.25, 0.3) is 0 Å². The van der Waals surface area contributed by atoms with Crippen LogP contribution in [0.4, 0.5) is 18.9 Å². The highest BCUT2D eigenvalue weighted by molar-refractivity contribution is 7.93. The van der Waals surface area contributed by atoms with Crippen molar-refractivity contribution in [3.8, 4) is 5.75 Å². The maximum Gasteiger partial charge on any atom is 0.427 e. The molecule has 2 heterocycles. The molecule has 0 spiro atoms. The zero-order valence-corrected chi connectivity index (χ0v) is 22.1. The van der Waals surface area contributed by atoms with Gasteiger partial charge in [0.2, 0.25) is 5.60 Å². The lowest BCUT2D eigenvalue weighted by atomic mass is 10.1. The zero-order chi connectivity index (χ0) is 28.2. The van der Waals surface area contributed by atoms with E-state index >= 15 is 0 Å². The van der Waals surface area contributed by atoms with Crippen LogP contribution in [0.3, 0.4) is 0 Å². The second-order valence-electron chi connectivity index (χ2n) is 9.64. The fourth-order valence-electron chi connectivity index (χ4n) is 4.17. The van der Waals surface area contributed by atoms with E-state index in [1.807, 2.05) is 0 Å². The highest BCUT2D eigenvalue weighted by atomic mass is 35.5. The molecular formula is C23H25ClF3N3O7S. The summed E-state index contributed by atoms with van der Waals surface area (Å²) in [4.78, 5) is 23.4. The van der Waals surface area contributed by atoms with Crippen molar-refractivity contribution in [2.75, 3.05) is 10.8 Å². The summed E-state index contributed by atoms with van der Waals surface area (Å²) in [7, 11) is -4.34. The third kappa shape index (κ3) is 5.28. The molecule has 1 fully saturated rings. The van der Waals surface area contributed by atoms with Gasteiger partial charge in [0.1, 0.15) is 16.7 Å². The van der Waals surface area contributed by atoms with Crippen LogP contribution in [0.1, 0.15) is 32.8 Å². The Kier molecular flexibility index (Phi) is 7.10. The number of esters is 1. The largest absolute Gasteiger partial charge is 0.486 e. The van der Waals surface area contributed by atoms with E-state index in [9.17, 15) is 36.3 Å². The smallest absolute Gasteiger partial charge is 0.427 e. The van der Waals surface area contributed by atoms with Gasteiger partial charge in [0, 0.05) is 18.7 Å². The summed E-state index contributed by atoms with van der Waals surface area (Å²) < 4.78 is 79.8. The van der Waals surface area contributed by atoms with E-state index in [1.165, 1.54) is 29.1 Å². The number of aromatic nitrogens is 2. The van der Waals surface area contributed by atoms with Crippen LogP contribution < -0.4 is 9.04 Å². The molecule has 1 aromatic carbocycles. The Labute approximate surface area is 221 Å². The first-order valence-electron chi connectivity index (χ1n) is 11.6. The minimum absolute atomic E-state index is 0.0227. The predicted octanol–water partition coefficient (Wildman–Crippen LogP) is 3.66. The van der Waals surface area contributed by atoms with Crippen molar-refractivity contribution in [2.24, 2.45) is 11.8 Å². The number of carboxylic acid groups (broad SMARTS) is 1. The normalized spacial score (nSPS) is 21.4. The van der Waals surface area contributed by atoms with Crippen molar-refractivity contribution in [1.29, 1.82) is 0 Å². The molecule has 1 saturated carbocycles. The monoisotopic (exact) mass is 579 g/mol. The van der Waals surface area contributed by atoms with Crippen molar-refractivity contribution in [1.82, 2.24) is 9.78 Å². The van der Waals surface area contributed by atoms with Crippen LogP contribution in [0.5, 0.6) is 5.75 Å². The van der Waals surface area contributed by atoms with Crippen LogP contribution in [-0.4, -0.2) is 59.7 Å². The molecule has 0 saturated heterocycles. The third-order valence-corrected chi connectivity index (χ3v) is 8.70. The standard InChI is InChI=1S/C23H25ClF3N3O7S/c1-4-29-11-18(20(24)28-29)38(34,35)30-10-17(13-9-14(13)21(32)33)36-16-6-5-12(7-15(16)30)8-19(31)37-22(2,3)23(25,26)27/h5-7,11,13-14,17H,4,8-10H2,1-3H3,(H,32,33)/t13-,14-,17-/m1/s1. The first kappa shape index (κ1) is 28.0. The lowest BCUT2D eigenvalue weighted by Crippen LogP contribution is -2.45. The number of carbonyl (C=O) groups is 2. The SMILES string of the molecule is CCn1cc(S(=O)(=O)N2C[C@H]([C@@H]3C[C@H]3C(=O)O)Oc3ccc(CC(=O)OC(C)(C)C(F)(F)F)cc32)c(Cl)n1.